The molecule has 0 aliphatic carbocycles. The molecule has 1 aliphatic heterocycles. The van der Waals surface area contributed by atoms with Crippen molar-refractivity contribution in [2.75, 3.05) is 25.0 Å². The first kappa shape index (κ1) is 17.0. The number of aryl methyl sites for hydroxylation is 1. The van der Waals surface area contributed by atoms with Crippen LogP contribution in [0.4, 0.5) is 19.0 Å². The first-order valence-electron chi connectivity index (χ1n) is 7.75. The number of halogens is 3. The Labute approximate surface area is 137 Å². The van der Waals surface area contributed by atoms with Crippen molar-refractivity contribution in [3.8, 4) is 0 Å². The Bertz CT molecular complexity index is 727. The molecule has 3 rings (SSSR count). The molecular weight excluding hydrogens is 323 g/mol. The van der Waals surface area contributed by atoms with Crippen LogP contribution < -0.4 is 5.32 Å². The third kappa shape index (κ3) is 3.46. The second-order valence-corrected chi connectivity index (χ2v) is 6.54. The molecule has 2 aromatic rings. The van der Waals surface area contributed by atoms with E-state index < -0.39 is 18.3 Å². The van der Waals surface area contributed by atoms with E-state index in [0.29, 0.717) is 25.3 Å². The van der Waals surface area contributed by atoms with Crippen LogP contribution >= 0.6 is 0 Å². The molecule has 0 spiro atoms. The summed E-state index contributed by atoms with van der Waals surface area (Å²) >= 11 is 0. The van der Waals surface area contributed by atoms with Crippen LogP contribution in [0.2, 0.25) is 0 Å². The molecule has 0 saturated carbocycles. The fourth-order valence-electron chi connectivity index (χ4n) is 2.91. The molecule has 132 valence electrons. The van der Waals surface area contributed by atoms with Gasteiger partial charge in [0.2, 0.25) is 0 Å². The highest BCUT2D eigenvalue weighted by molar-refractivity contribution is 5.45. The summed E-state index contributed by atoms with van der Waals surface area (Å²) in [6.07, 6.45) is -2.14. The van der Waals surface area contributed by atoms with Crippen LogP contribution in [0.5, 0.6) is 0 Å². The standard InChI is InChI=1S/C15H20F3N5O/c1-10-7-23-13(19-10)4-3-12(21-23)20-11-5-6-22(8-11)9-14(2,24)15(16,17)18/h3-4,7,11,24H,5-6,8-9H2,1-2H3,(H,20,21)/t11-,14-/m1/s1. The van der Waals surface area contributed by atoms with Crippen molar-refractivity contribution in [3.63, 3.8) is 0 Å². The molecule has 0 aromatic carbocycles. The minimum atomic E-state index is -4.63. The fourth-order valence-corrected chi connectivity index (χ4v) is 2.91. The Kier molecular flexibility index (Phi) is 4.16. The van der Waals surface area contributed by atoms with Gasteiger partial charge in [0.25, 0.3) is 0 Å². The quantitative estimate of drug-likeness (QED) is 0.887. The van der Waals surface area contributed by atoms with E-state index in [1.165, 1.54) is 0 Å². The number of rotatable bonds is 4. The third-order valence-electron chi connectivity index (χ3n) is 4.21. The summed E-state index contributed by atoms with van der Waals surface area (Å²) in [6, 6.07) is 3.63. The number of hydrogen-bond donors (Lipinski definition) is 2. The van der Waals surface area contributed by atoms with Crippen LogP contribution in [0.3, 0.4) is 0 Å². The summed E-state index contributed by atoms with van der Waals surface area (Å²) in [7, 11) is 0. The molecule has 3 heterocycles. The highest BCUT2D eigenvalue weighted by Crippen LogP contribution is 2.31. The molecule has 6 nitrogen and oxygen atoms in total. The molecule has 2 aromatic heterocycles. The Balaban J connectivity index is 1.61. The van der Waals surface area contributed by atoms with E-state index in [1.54, 1.807) is 15.5 Å². The molecule has 0 amide bonds. The van der Waals surface area contributed by atoms with Gasteiger partial charge in [-0.25, -0.2) is 9.50 Å². The van der Waals surface area contributed by atoms with Gasteiger partial charge in [-0.1, -0.05) is 0 Å². The summed E-state index contributed by atoms with van der Waals surface area (Å²) in [5, 5.41) is 17.2. The number of aromatic nitrogens is 3. The first-order valence-corrected chi connectivity index (χ1v) is 7.75. The number of alkyl halides is 3. The Morgan fingerprint density at radius 2 is 2.12 bits per heavy atom. The summed E-state index contributed by atoms with van der Waals surface area (Å²) in [4.78, 5) is 5.91. The Morgan fingerprint density at radius 3 is 2.83 bits per heavy atom. The van der Waals surface area contributed by atoms with Crippen molar-refractivity contribution in [2.45, 2.75) is 38.1 Å². The molecular formula is C15H20F3N5O. The Morgan fingerprint density at radius 1 is 1.38 bits per heavy atom. The van der Waals surface area contributed by atoms with E-state index in [-0.39, 0.29) is 6.04 Å². The molecule has 24 heavy (non-hydrogen) atoms. The lowest BCUT2D eigenvalue weighted by Gasteiger charge is -2.30. The number of fused-ring (bicyclic) bond motifs is 1. The van der Waals surface area contributed by atoms with Crippen molar-refractivity contribution >= 4 is 11.5 Å². The van der Waals surface area contributed by atoms with Gasteiger partial charge in [0.05, 0.1) is 11.9 Å². The molecule has 0 bridgehead atoms. The van der Waals surface area contributed by atoms with Gasteiger partial charge < -0.3 is 10.4 Å². The van der Waals surface area contributed by atoms with Gasteiger partial charge in [-0.05, 0) is 32.4 Å². The lowest BCUT2D eigenvalue weighted by molar-refractivity contribution is -0.256. The van der Waals surface area contributed by atoms with Gasteiger partial charge in [0.15, 0.2) is 11.2 Å². The van der Waals surface area contributed by atoms with Crippen LogP contribution in [-0.2, 0) is 0 Å². The van der Waals surface area contributed by atoms with Crippen LogP contribution in [0.25, 0.3) is 5.65 Å². The highest BCUT2D eigenvalue weighted by atomic mass is 19.4. The number of nitrogens with one attached hydrogen (secondary N) is 1. The normalized spacial score (nSPS) is 22.0. The first-order chi connectivity index (χ1) is 11.1. The zero-order valence-corrected chi connectivity index (χ0v) is 13.5. The Hall–Kier alpha value is -1.87. The molecule has 9 heteroatoms. The maximum Gasteiger partial charge on any atom is 0.418 e. The number of anilines is 1. The predicted molar refractivity (Wildman–Crippen MR) is 82.9 cm³/mol. The SMILES string of the molecule is Cc1cn2nc(N[C@@H]3CCN(C[C@@](C)(O)C(F)(F)F)C3)ccc2n1. The average Bonchev–Trinajstić information content (AvgIpc) is 3.02. The van der Waals surface area contributed by atoms with Crippen molar-refractivity contribution in [3.05, 3.63) is 24.0 Å². The molecule has 2 N–H and O–H groups in total. The van der Waals surface area contributed by atoms with Gasteiger partial charge in [-0.3, -0.25) is 4.90 Å². The van der Waals surface area contributed by atoms with Crippen LogP contribution in [0, 0.1) is 6.92 Å². The highest BCUT2D eigenvalue weighted by Gasteiger charge is 2.51. The average molecular weight is 343 g/mol. The zero-order chi connectivity index (χ0) is 17.5. The smallest absolute Gasteiger partial charge is 0.380 e. The van der Waals surface area contributed by atoms with E-state index in [4.69, 9.17) is 0 Å². The predicted octanol–water partition coefficient (Wildman–Crippen LogP) is 1.84. The second kappa shape index (κ2) is 5.89. The lowest BCUT2D eigenvalue weighted by Crippen LogP contribution is -2.51. The monoisotopic (exact) mass is 343 g/mol. The van der Waals surface area contributed by atoms with Crippen molar-refractivity contribution < 1.29 is 18.3 Å². The van der Waals surface area contributed by atoms with Crippen molar-refractivity contribution in [1.82, 2.24) is 19.5 Å². The van der Waals surface area contributed by atoms with Crippen LogP contribution in [0.15, 0.2) is 18.3 Å². The molecule has 0 radical (unpaired) electrons. The van der Waals surface area contributed by atoms with Gasteiger partial charge in [0, 0.05) is 25.7 Å². The second-order valence-electron chi connectivity index (χ2n) is 6.54. The number of hydrogen-bond acceptors (Lipinski definition) is 5. The van der Waals surface area contributed by atoms with E-state index in [9.17, 15) is 18.3 Å². The minimum Gasteiger partial charge on any atom is -0.380 e. The summed E-state index contributed by atoms with van der Waals surface area (Å²) in [6.45, 7) is 3.18. The molecule has 1 saturated heterocycles. The molecule has 1 fully saturated rings. The number of aliphatic hydroxyl groups is 1. The lowest BCUT2D eigenvalue weighted by atomic mass is 10.1. The third-order valence-corrected chi connectivity index (χ3v) is 4.21. The van der Waals surface area contributed by atoms with E-state index >= 15 is 0 Å². The molecule has 0 unspecified atom stereocenters. The van der Waals surface area contributed by atoms with E-state index in [0.717, 1.165) is 18.3 Å². The van der Waals surface area contributed by atoms with Gasteiger partial charge in [-0.15, -0.1) is 5.10 Å². The number of β-amino-alcohol motifs (C(OH)–C–C–N with tert-alkyl or cyclic N) is 1. The number of likely N-dealkylation sites (tertiary alicyclic amines) is 1. The van der Waals surface area contributed by atoms with E-state index in [1.807, 2.05) is 19.2 Å². The topological polar surface area (TPSA) is 65.7 Å². The summed E-state index contributed by atoms with van der Waals surface area (Å²) < 4.78 is 40.0. The van der Waals surface area contributed by atoms with Gasteiger partial charge >= 0.3 is 6.18 Å². The van der Waals surface area contributed by atoms with Gasteiger partial charge in [-0.2, -0.15) is 13.2 Å². The van der Waals surface area contributed by atoms with Crippen LogP contribution in [0.1, 0.15) is 19.0 Å². The zero-order valence-electron chi connectivity index (χ0n) is 13.5. The largest absolute Gasteiger partial charge is 0.418 e. The number of nitrogens with zero attached hydrogens (tertiary/aromatic N) is 4. The summed E-state index contributed by atoms with van der Waals surface area (Å²) in [5.74, 6) is 0.648. The summed E-state index contributed by atoms with van der Waals surface area (Å²) in [5.41, 5.74) is -1.10. The molecule has 2 atom stereocenters. The van der Waals surface area contributed by atoms with E-state index in [2.05, 4.69) is 15.4 Å². The minimum absolute atomic E-state index is 0.0106. The van der Waals surface area contributed by atoms with Crippen molar-refractivity contribution in [2.24, 2.45) is 0 Å². The van der Waals surface area contributed by atoms with Crippen molar-refractivity contribution in [1.29, 1.82) is 0 Å². The molecule has 1 aliphatic rings. The number of imidazole rings is 1. The fraction of sp³-hybridized carbons (Fsp3) is 0.600. The van der Waals surface area contributed by atoms with Crippen LogP contribution in [-0.4, -0.2) is 62.1 Å². The maximum atomic E-state index is 12.8. The maximum absolute atomic E-state index is 12.8. The van der Waals surface area contributed by atoms with Gasteiger partial charge in [0.1, 0.15) is 5.82 Å².